The van der Waals surface area contributed by atoms with E-state index in [1.807, 2.05) is 6.07 Å². The molecule has 1 unspecified atom stereocenters. The average molecular weight is 308 g/mol. The molecule has 0 radical (unpaired) electrons. The van der Waals surface area contributed by atoms with E-state index in [1.54, 1.807) is 0 Å². The van der Waals surface area contributed by atoms with Gasteiger partial charge in [-0.15, -0.1) is 0 Å². The van der Waals surface area contributed by atoms with Crippen LogP contribution in [0.5, 0.6) is 5.75 Å². The Kier molecular flexibility index (Phi) is 4.46. The molecule has 1 atom stereocenters. The standard InChI is InChI=1S/C18H26ClNO/c1-13(2)12-20-16-11-18(8-4-3-5-9-18)21-17-7-6-14(19)10-15(16)17/h6-7,10,13,16,20H,3-5,8-9,11-12H2,1-2H3. The Bertz CT molecular complexity index is 494. The van der Waals surface area contributed by atoms with Crippen LogP contribution in [-0.4, -0.2) is 12.1 Å². The lowest BCUT2D eigenvalue weighted by Gasteiger charge is -2.45. The maximum Gasteiger partial charge on any atom is 0.125 e. The Morgan fingerprint density at radius 1 is 1.29 bits per heavy atom. The summed E-state index contributed by atoms with van der Waals surface area (Å²) in [7, 11) is 0. The third-order valence-corrected chi connectivity index (χ3v) is 5.02. The molecule has 1 spiro atoms. The summed E-state index contributed by atoms with van der Waals surface area (Å²) in [6, 6.07) is 6.44. The van der Waals surface area contributed by atoms with Gasteiger partial charge in [-0.3, -0.25) is 0 Å². The van der Waals surface area contributed by atoms with E-state index >= 15 is 0 Å². The normalized spacial score (nSPS) is 23.9. The molecule has 21 heavy (non-hydrogen) atoms. The second-order valence-electron chi connectivity index (χ2n) is 7.09. The van der Waals surface area contributed by atoms with Crippen LogP contribution in [0.4, 0.5) is 0 Å². The first-order chi connectivity index (χ1) is 10.1. The fourth-order valence-electron chi connectivity index (χ4n) is 3.70. The van der Waals surface area contributed by atoms with Crippen molar-refractivity contribution in [1.82, 2.24) is 5.32 Å². The lowest BCUT2D eigenvalue weighted by molar-refractivity contribution is -0.00295. The molecule has 1 saturated carbocycles. The number of nitrogens with one attached hydrogen (secondary N) is 1. The number of rotatable bonds is 3. The number of ether oxygens (including phenoxy) is 1. The molecule has 1 aromatic carbocycles. The summed E-state index contributed by atoms with van der Waals surface area (Å²) in [5.41, 5.74) is 1.28. The quantitative estimate of drug-likeness (QED) is 0.837. The van der Waals surface area contributed by atoms with Crippen molar-refractivity contribution in [2.75, 3.05) is 6.54 Å². The molecule has 1 aliphatic carbocycles. The van der Waals surface area contributed by atoms with Crippen LogP contribution in [0.15, 0.2) is 18.2 Å². The van der Waals surface area contributed by atoms with Gasteiger partial charge in [-0.25, -0.2) is 0 Å². The maximum absolute atomic E-state index is 6.45. The van der Waals surface area contributed by atoms with E-state index in [0.717, 1.165) is 23.7 Å². The molecule has 3 rings (SSSR count). The zero-order valence-corrected chi connectivity index (χ0v) is 13.9. The molecule has 0 bridgehead atoms. The molecule has 1 fully saturated rings. The fraction of sp³-hybridized carbons (Fsp3) is 0.667. The zero-order valence-electron chi connectivity index (χ0n) is 13.1. The van der Waals surface area contributed by atoms with Gasteiger partial charge in [-0.1, -0.05) is 31.9 Å². The molecule has 2 aliphatic rings. The van der Waals surface area contributed by atoms with Gasteiger partial charge in [0.1, 0.15) is 11.4 Å². The van der Waals surface area contributed by atoms with Crippen molar-refractivity contribution in [3.05, 3.63) is 28.8 Å². The molecule has 1 aromatic rings. The van der Waals surface area contributed by atoms with Gasteiger partial charge in [0, 0.05) is 23.0 Å². The van der Waals surface area contributed by atoms with E-state index in [1.165, 1.54) is 37.7 Å². The zero-order chi connectivity index (χ0) is 14.9. The van der Waals surface area contributed by atoms with Crippen molar-refractivity contribution in [2.24, 2.45) is 5.92 Å². The summed E-state index contributed by atoms with van der Waals surface area (Å²) in [5, 5.41) is 4.54. The highest BCUT2D eigenvalue weighted by Crippen LogP contribution is 2.46. The third kappa shape index (κ3) is 3.37. The molecule has 0 saturated heterocycles. The lowest BCUT2D eigenvalue weighted by Crippen LogP contribution is -2.46. The van der Waals surface area contributed by atoms with Gasteiger partial charge in [0.25, 0.3) is 0 Å². The van der Waals surface area contributed by atoms with E-state index in [9.17, 15) is 0 Å². The van der Waals surface area contributed by atoms with Crippen LogP contribution in [0.2, 0.25) is 5.02 Å². The van der Waals surface area contributed by atoms with Crippen LogP contribution < -0.4 is 10.1 Å². The maximum atomic E-state index is 6.45. The van der Waals surface area contributed by atoms with Crippen molar-refractivity contribution in [2.45, 2.75) is 64.0 Å². The molecule has 1 N–H and O–H groups in total. The highest BCUT2D eigenvalue weighted by Gasteiger charge is 2.41. The Labute approximate surface area is 133 Å². The van der Waals surface area contributed by atoms with Crippen LogP contribution in [0, 0.1) is 5.92 Å². The summed E-state index contributed by atoms with van der Waals surface area (Å²) in [6.07, 6.45) is 7.39. The minimum atomic E-state index is 0.0493. The molecule has 0 aromatic heterocycles. The van der Waals surface area contributed by atoms with E-state index in [4.69, 9.17) is 16.3 Å². The molecule has 1 heterocycles. The number of hydrogen-bond donors (Lipinski definition) is 1. The smallest absolute Gasteiger partial charge is 0.125 e. The van der Waals surface area contributed by atoms with Crippen molar-refractivity contribution in [3.8, 4) is 5.75 Å². The molecular weight excluding hydrogens is 282 g/mol. The first kappa shape index (κ1) is 15.2. The van der Waals surface area contributed by atoms with Crippen molar-refractivity contribution < 1.29 is 4.74 Å². The molecule has 0 amide bonds. The topological polar surface area (TPSA) is 21.3 Å². The number of halogens is 1. The minimum absolute atomic E-state index is 0.0493. The summed E-state index contributed by atoms with van der Waals surface area (Å²) in [5.74, 6) is 1.69. The second-order valence-corrected chi connectivity index (χ2v) is 7.52. The van der Waals surface area contributed by atoms with Crippen molar-refractivity contribution in [1.29, 1.82) is 0 Å². The fourth-order valence-corrected chi connectivity index (χ4v) is 3.88. The predicted molar refractivity (Wildman–Crippen MR) is 88.1 cm³/mol. The Morgan fingerprint density at radius 3 is 2.76 bits per heavy atom. The summed E-state index contributed by atoms with van der Waals surface area (Å²) in [6.45, 7) is 5.54. The monoisotopic (exact) mass is 307 g/mol. The first-order valence-corrected chi connectivity index (χ1v) is 8.68. The van der Waals surface area contributed by atoms with Gasteiger partial charge in [0.2, 0.25) is 0 Å². The van der Waals surface area contributed by atoms with Crippen LogP contribution >= 0.6 is 11.6 Å². The Balaban J connectivity index is 1.88. The minimum Gasteiger partial charge on any atom is -0.487 e. The van der Waals surface area contributed by atoms with E-state index in [0.29, 0.717) is 12.0 Å². The van der Waals surface area contributed by atoms with Crippen LogP contribution in [-0.2, 0) is 0 Å². The molecule has 1 aliphatic heterocycles. The highest BCUT2D eigenvalue weighted by atomic mass is 35.5. The summed E-state index contributed by atoms with van der Waals surface area (Å²) in [4.78, 5) is 0. The van der Waals surface area contributed by atoms with Crippen LogP contribution in [0.1, 0.15) is 64.0 Å². The third-order valence-electron chi connectivity index (χ3n) is 4.79. The molecular formula is C18H26ClNO. The second kappa shape index (κ2) is 6.18. The number of hydrogen-bond acceptors (Lipinski definition) is 2. The van der Waals surface area contributed by atoms with E-state index in [2.05, 4.69) is 31.3 Å². The largest absolute Gasteiger partial charge is 0.487 e. The van der Waals surface area contributed by atoms with Crippen LogP contribution in [0.3, 0.4) is 0 Å². The predicted octanol–water partition coefficient (Wildman–Crippen LogP) is 5.11. The van der Waals surface area contributed by atoms with Gasteiger partial charge in [0.15, 0.2) is 0 Å². The van der Waals surface area contributed by atoms with E-state index < -0.39 is 0 Å². The van der Waals surface area contributed by atoms with Crippen molar-refractivity contribution in [3.63, 3.8) is 0 Å². The van der Waals surface area contributed by atoms with Gasteiger partial charge in [0.05, 0.1) is 0 Å². The SMILES string of the molecule is CC(C)CNC1CC2(CCCCC2)Oc2ccc(Cl)cc21. The number of fused-ring (bicyclic) bond motifs is 1. The van der Waals surface area contributed by atoms with Gasteiger partial charge >= 0.3 is 0 Å². The number of benzene rings is 1. The summed E-state index contributed by atoms with van der Waals surface area (Å²) < 4.78 is 6.45. The first-order valence-electron chi connectivity index (χ1n) is 8.30. The van der Waals surface area contributed by atoms with Crippen molar-refractivity contribution >= 4 is 11.6 Å². The molecule has 3 heteroatoms. The molecule has 2 nitrogen and oxygen atoms in total. The molecule has 116 valence electrons. The van der Waals surface area contributed by atoms with Crippen LogP contribution in [0.25, 0.3) is 0 Å². The summed E-state index contributed by atoms with van der Waals surface area (Å²) >= 11 is 6.20. The average Bonchev–Trinajstić information content (AvgIpc) is 2.46. The van der Waals surface area contributed by atoms with Gasteiger partial charge < -0.3 is 10.1 Å². The Morgan fingerprint density at radius 2 is 2.05 bits per heavy atom. The Hall–Kier alpha value is -0.730. The lowest BCUT2D eigenvalue weighted by atomic mass is 9.77. The van der Waals surface area contributed by atoms with Gasteiger partial charge in [-0.2, -0.15) is 0 Å². The highest BCUT2D eigenvalue weighted by molar-refractivity contribution is 6.30. The van der Waals surface area contributed by atoms with E-state index in [-0.39, 0.29) is 5.60 Å². The van der Waals surface area contributed by atoms with Gasteiger partial charge in [-0.05, 0) is 56.3 Å².